The highest BCUT2D eigenvalue weighted by atomic mass is 35.5. The SMILES string of the molecule is Cc1cc(C(C)(C)C)ccc1OC(=O)Cl. The van der Waals surface area contributed by atoms with Crippen molar-refractivity contribution in [1.29, 1.82) is 0 Å². The fourth-order valence-electron chi connectivity index (χ4n) is 1.32. The van der Waals surface area contributed by atoms with Crippen molar-refractivity contribution in [3.63, 3.8) is 0 Å². The van der Waals surface area contributed by atoms with Gasteiger partial charge in [0, 0.05) is 11.6 Å². The molecule has 0 radical (unpaired) electrons. The van der Waals surface area contributed by atoms with E-state index in [0.717, 1.165) is 5.56 Å². The molecule has 0 unspecified atom stereocenters. The molecule has 0 amide bonds. The van der Waals surface area contributed by atoms with E-state index in [1.807, 2.05) is 19.1 Å². The first-order valence-electron chi connectivity index (χ1n) is 4.79. The summed E-state index contributed by atoms with van der Waals surface area (Å²) in [5.41, 5.74) is 1.40. The largest absolute Gasteiger partial charge is 0.414 e. The lowest BCUT2D eigenvalue weighted by Gasteiger charge is -2.20. The second-order valence-electron chi connectivity index (χ2n) is 4.57. The maximum atomic E-state index is 10.6. The normalized spacial score (nSPS) is 11.3. The maximum Gasteiger partial charge on any atom is 0.409 e. The maximum absolute atomic E-state index is 10.6. The monoisotopic (exact) mass is 226 g/mol. The van der Waals surface area contributed by atoms with Crippen molar-refractivity contribution in [3.8, 4) is 5.75 Å². The zero-order chi connectivity index (χ0) is 11.6. The van der Waals surface area contributed by atoms with E-state index in [9.17, 15) is 4.79 Å². The molecule has 0 saturated carbocycles. The third-order valence-electron chi connectivity index (χ3n) is 2.23. The minimum atomic E-state index is -0.804. The molecule has 0 bridgehead atoms. The second-order valence-corrected chi connectivity index (χ2v) is 4.88. The Labute approximate surface area is 95.2 Å². The number of ether oxygens (including phenoxy) is 1. The minimum Gasteiger partial charge on any atom is -0.414 e. The molecule has 82 valence electrons. The summed E-state index contributed by atoms with van der Waals surface area (Å²) >= 11 is 5.15. The topological polar surface area (TPSA) is 26.3 Å². The molecule has 0 saturated heterocycles. The van der Waals surface area contributed by atoms with E-state index in [1.165, 1.54) is 5.56 Å². The van der Waals surface area contributed by atoms with Gasteiger partial charge in [-0.3, -0.25) is 0 Å². The fraction of sp³-hybridized carbons (Fsp3) is 0.417. The highest BCUT2D eigenvalue weighted by Crippen LogP contribution is 2.27. The number of aryl methyl sites for hydroxylation is 1. The van der Waals surface area contributed by atoms with Gasteiger partial charge in [0.2, 0.25) is 0 Å². The number of halogens is 1. The van der Waals surface area contributed by atoms with Crippen LogP contribution in [0.1, 0.15) is 31.9 Å². The molecule has 0 fully saturated rings. The Hall–Kier alpha value is -1.02. The summed E-state index contributed by atoms with van der Waals surface area (Å²) in [4.78, 5) is 10.6. The van der Waals surface area contributed by atoms with Crippen LogP contribution in [0.3, 0.4) is 0 Å². The van der Waals surface area contributed by atoms with Crippen molar-refractivity contribution in [2.24, 2.45) is 0 Å². The average molecular weight is 227 g/mol. The summed E-state index contributed by atoms with van der Waals surface area (Å²) in [6, 6.07) is 5.73. The zero-order valence-electron chi connectivity index (χ0n) is 9.43. The zero-order valence-corrected chi connectivity index (χ0v) is 10.2. The van der Waals surface area contributed by atoms with Gasteiger partial charge in [-0.15, -0.1) is 0 Å². The Balaban J connectivity index is 3.03. The lowest BCUT2D eigenvalue weighted by Crippen LogP contribution is -2.11. The molecule has 0 heterocycles. The molecular weight excluding hydrogens is 212 g/mol. The first kappa shape index (κ1) is 12.1. The van der Waals surface area contributed by atoms with Crippen molar-refractivity contribution in [2.75, 3.05) is 0 Å². The van der Waals surface area contributed by atoms with Gasteiger partial charge < -0.3 is 4.74 Å². The molecule has 0 atom stereocenters. The van der Waals surface area contributed by atoms with Gasteiger partial charge in [0.15, 0.2) is 0 Å². The Bertz CT molecular complexity index is 378. The number of carbonyl (C=O) groups is 1. The van der Waals surface area contributed by atoms with E-state index in [1.54, 1.807) is 6.07 Å². The van der Waals surface area contributed by atoms with Crippen molar-refractivity contribution in [2.45, 2.75) is 33.1 Å². The van der Waals surface area contributed by atoms with Gasteiger partial charge >= 0.3 is 5.43 Å². The first-order valence-corrected chi connectivity index (χ1v) is 5.17. The predicted octanol–water partition coefficient (Wildman–Crippen LogP) is 4.03. The average Bonchev–Trinajstić information content (AvgIpc) is 2.05. The number of hydrogen-bond donors (Lipinski definition) is 0. The van der Waals surface area contributed by atoms with Crippen LogP contribution in [0.2, 0.25) is 0 Å². The van der Waals surface area contributed by atoms with Crippen molar-refractivity contribution in [1.82, 2.24) is 0 Å². The molecule has 1 aromatic carbocycles. The summed E-state index contributed by atoms with van der Waals surface area (Å²) in [5.74, 6) is 0.517. The minimum absolute atomic E-state index is 0.0915. The molecular formula is C12H15ClO2. The van der Waals surface area contributed by atoms with Crippen LogP contribution in [-0.2, 0) is 5.41 Å². The lowest BCUT2D eigenvalue weighted by molar-refractivity contribution is 0.225. The second kappa shape index (κ2) is 4.23. The molecule has 0 aliphatic carbocycles. The van der Waals surface area contributed by atoms with E-state index in [4.69, 9.17) is 16.3 Å². The van der Waals surface area contributed by atoms with E-state index < -0.39 is 5.43 Å². The summed E-state index contributed by atoms with van der Waals surface area (Å²) in [6.07, 6.45) is 0. The third-order valence-corrected chi connectivity index (χ3v) is 2.31. The lowest BCUT2D eigenvalue weighted by atomic mass is 9.86. The van der Waals surface area contributed by atoms with Crippen LogP contribution >= 0.6 is 11.6 Å². The Morgan fingerprint density at radius 2 is 1.93 bits per heavy atom. The summed E-state index contributed by atoms with van der Waals surface area (Å²) in [5, 5.41) is 0. The predicted molar refractivity (Wildman–Crippen MR) is 61.8 cm³/mol. The van der Waals surface area contributed by atoms with Gasteiger partial charge in [-0.25, -0.2) is 4.79 Å². The van der Waals surface area contributed by atoms with Crippen LogP contribution in [0.15, 0.2) is 18.2 Å². The van der Waals surface area contributed by atoms with Gasteiger partial charge in [0.25, 0.3) is 0 Å². The molecule has 0 N–H and O–H groups in total. The first-order chi connectivity index (χ1) is 6.80. The molecule has 0 spiro atoms. The molecule has 3 heteroatoms. The molecule has 15 heavy (non-hydrogen) atoms. The summed E-state index contributed by atoms with van der Waals surface area (Å²) in [6.45, 7) is 8.30. The smallest absolute Gasteiger partial charge is 0.409 e. The van der Waals surface area contributed by atoms with Crippen LogP contribution in [0.4, 0.5) is 4.79 Å². The standard InChI is InChI=1S/C12H15ClO2/c1-8-7-9(12(2,3)4)5-6-10(8)15-11(13)14/h5-7H,1-4H3. The quantitative estimate of drug-likeness (QED) is 0.676. The molecule has 0 aliphatic heterocycles. The molecule has 0 aromatic heterocycles. The highest BCUT2D eigenvalue weighted by Gasteiger charge is 2.15. The van der Waals surface area contributed by atoms with Crippen LogP contribution in [-0.4, -0.2) is 5.43 Å². The van der Waals surface area contributed by atoms with E-state index in [0.29, 0.717) is 5.75 Å². The molecule has 2 nitrogen and oxygen atoms in total. The van der Waals surface area contributed by atoms with Crippen LogP contribution in [0.5, 0.6) is 5.75 Å². The van der Waals surface area contributed by atoms with E-state index in [-0.39, 0.29) is 5.41 Å². The van der Waals surface area contributed by atoms with E-state index in [2.05, 4.69) is 20.8 Å². The molecule has 1 aromatic rings. The van der Waals surface area contributed by atoms with Crippen molar-refractivity contribution in [3.05, 3.63) is 29.3 Å². The molecule has 1 rings (SSSR count). The summed E-state index contributed by atoms with van der Waals surface area (Å²) in [7, 11) is 0. The van der Waals surface area contributed by atoms with Crippen molar-refractivity contribution < 1.29 is 9.53 Å². The van der Waals surface area contributed by atoms with Crippen LogP contribution < -0.4 is 4.74 Å². The van der Waals surface area contributed by atoms with Gasteiger partial charge in [-0.1, -0.05) is 32.9 Å². The Kier molecular flexibility index (Phi) is 3.40. The van der Waals surface area contributed by atoms with E-state index >= 15 is 0 Å². The van der Waals surface area contributed by atoms with Crippen LogP contribution in [0, 0.1) is 6.92 Å². The van der Waals surface area contributed by atoms with Crippen LogP contribution in [0.25, 0.3) is 0 Å². The summed E-state index contributed by atoms with van der Waals surface area (Å²) < 4.78 is 4.84. The Morgan fingerprint density at radius 1 is 1.33 bits per heavy atom. The Morgan fingerprint density at radius 3 is 2.33 bits per heavy atom. The van der Waals surface area contributed by atoms with Gasteiger partial charge in [0.1, 0.15) is 5.75 Å². The highest BCUT2D eigenvalue weighted by molar-refractivity contribution is 6.61. The van der Waals surface area contributed by atoms with Gasteiger partial charge in [-0.2, -0.15) is 0 Å². The van der Waals surface area contributed by atoms with Crippen molar-refractivity contribution >= 4 is 17.0 Å². The number of carbonyl (C=O) groups excluding carboxylic acids is 1. The number of rotatable bonds is 1. The number of benzene rings is 1. The molecule has 0 aliphatic rings. The third kappa shape index (κ3) is 3.24. The fourth-order valence-corrected chi connectivity index (χ4v) is 1.40. The van der Waals surface area contributed by atoms with Gasteiger partial charge in [-0.05, 0) is 29.5 Å². The number of hydrogen-bond acceptors (Lipinski definition) is 2. The van der Waals surface area contributed by atoms with Gasteiger partial charge in [0.05, 0.1) is 0 Å².